The minimum absolute atomic E-state index is 0.0147. The monoisotopic (exact) mass is 410 g/mol. The van der Waals surface area contributed by atoms with E-state index in [9.17, 15) is 26.6 Å². The fraction of sp³-hybridized carbons (Fsp3) is 0.400. The van der Waals surface area contributed by atoms with E-state index in [-0.39, 0.29) is 30.4 Å². The van der Waals surface area contributed by atoms with Gasteiger partial charge in [0.2, 0.25) is 11.8 Å². The lowest BCUT2D eigenvalue weighted by molar-refractivity contribution is -0.143. The zero-order valence-electron chi connectivity index (χ0n) is 14.1. The predicted octanol–water partition coefficient (Wildman–Crippen LogP) is 3.16. The molecule has 7 nitrogen and oxygen atoms in total. The first kappa shape index (κ1) is 20.8. The molecule has 0 saturated carbocycles. The molecule has 0 aliphatic carbocycles. The van der Waals surface area contributed by atoms with Crippen LogP contribution in [0.25, 0.3) is 0 Å². The fourth-order valence-corrected chi connectivity index (χ4v) is 2.52. The quantitative estimate of drug-likeness (QED) is 0.511. The van der Waals surface area contributed by atoms with Crippen molar-refractivity contribution in [1.82, 2.24) is 10.2 Å². The number of benzene rings is 1. The van der Waals surface area contributed by atoms with E-state index in [1.54, 1.807) is 6.92 Å². The summed E-state index contributed by atoms with van der Waals surface area (Å²) in [6.45, 7) is 3.17. The van der Waals surface area contributed by atoms with Crippen LogP contribution in [0.5, 0.6) is 5.75 Å². The minimum Gasteiger partial charge on any atom is -0.466 e. The van der Waals surface area contributed by atoms with Crippen molar-refractivity contribution in [3.63, 3.8) is 0 Å². The Morgan fingerprint density at radius 3 is 2.56 bits per heavy atom. The molecule has 2 rings (SSSR count). The lowest BCUT2D eigenvalue weighted by Crippen LogP contribution is -2.21. The van der Waals surface area contributed by atoms with Crippen LogP contribution in [0, 0.1) is 12.7 Å². The van der Waals surface area contributed by atoms with E-state index in [4.69, 9.17) is 9.15 Å². The number of aryl methyl sites for hydroxylation is 1. The number of hydrogen-bond acceptors (Lipinski definition) is 7. The normalized spacial score (nSPS) is 13.9. The first-order valence-electron chi connectivity index (χ1n) is 7.53. The summed E-state index contributed by atoms with van der Waals surface area (Å²) in [4.78, 5) is 11.9. The van der Waals surface area contributed by atoms with Crippen molar-refractivity contribution in [3.8, 4) is 5.75 Å². The van der Waals surface area contributed by atoms with Crippen molar-refractivity contribution >= 4 is 17.0 Å². The topological polar surface area (TPSA) is 91.5 Å². The Hall–Kier alpha value is -2.50. The molecule has 0 aliphatic heterocycles. The average molecular weight is 410 g/mol. The predicted molar refractivity (Wildman–Crippen MR) is 83.4 cm³/mol. The SMILES string of the molecule is CCOC(=O)CC(c1cc(F)cc(OS(=O)C(F)(F)F)c1)c1nnc(C)o1. The maximum absolute atomic E-state index is 13.9. The lowest BCUT2D eigenvalue weighted by Gasteiger charge is -2.15. The number of rotatable bonds is 7. The molecule has 12 heteroatoms. The summed E-state index contributed by atoms with van der Waals surface area (Å²) in [6.07, 6.45) is -0.333. The van der Waals surface area contributed by atoms with E-state index in [0.717, 1.165) is 12.1 Å². The minimum atomic E-state index is -5.14. The van der Waals surface area contributed by atoms with Crippen LogP contribution >= 0.6 is 0 Å². The summed E-state index contributed by atoms with van der Waals surface area (Å²) in [7, 11) is 0. The van der Waals surface area contributed by atoms with Crippen LogP contribution in [0.15, 0.2) is 22.6 Å². The van der Waals surface area contributed by atoms with Crippen molar-refractivity contribution < 1.29 is 39.9 Å². The third-order valence-corrected chi connectivity index (χ3v) is 3.89. The molecule has 0 spiro atoms. The van der Waals surface area contributed by atoms with Gasteiger partial charge in [-0.25, -0.2) is 8.60 Å². The van der Waals surface area contributed by atoms with Gasteiger partial charge in [-0.15, -0.1) is 10.2 Å². The van der Waals surface area contributed by atoms with Crippen molar-refractivity contribution in [2.24, 2.45) is 0 Å². The first-order chi connectivity index (χ1) is 12.6. The number of ether oxygens (including phenoxy) is 1. The van der Waals surface area contributed by atoms with E-state index >= 15 is 0 Å². The van der Waals surface area contributed by atoms with E-state index < -0.39 is 40.0 Å². The van der Waals surface area contributed by atoms with Crippen molar-refractivity contribution in [1.29, 1.82) is 0 Å². The molecule has 2 aromatic rings. The average Bonchev–Trinajstić information content (AvgIpc) is 2.97. The molecule has 0 saturated heterocycles. The van der Waals surface area contributed by atoms with Crippen LogP contribution in [0.2, 0.25) is 0 Å². The van der Waals surface area contributed by atoms with Crippen LogP contribution in [-0.2, 0) is 20.6 Å². The summed E-state index contributed by atoms with van der Waals surface area (Å²) in [6, 6.07) is 2.61. The van der Waals surface area contributed by atoms with Gasteiger partial charge < -0.3 is 13.3 Å². The van der Waals surface area contributed by atoms with Crippen LogP contribution < -0.4 is 4.18 Å². The second kappa shape index (κ2) is 8.46. The van der Waals surface area contributed by atoms with Gasteiger partial charge >= 0.3 is 22.6 Å². The van der Waals surface area contributed by atoms with Gasteiger partial charge in [0, 0.05) is 13.0 Å². The van der Waals surface area contributed by atoms with Gasteiger partial charge in [0.15, 0.2) is 0 Å². The van der Waals surface area contributed by atoms with Crippen molar-refractivity contribution in [2.75, 3.05) is 6.61 Å². The first-order valence-corrected chi connectivity index (χ1v) is 8.60. The second-order valence-electron chi connectivity index (χ2n) is 5.21. The second-order valence-corrected chi connectivity index (χ2v) is 6.30. The lowest BCUT2D eigenvalue weighted by atomic mass is 9.95. The highest BCUT2D eigenvalue weighted by atomic mass is 32.2. The van der Waals surface area contributed by atoms with Crippen molar-refractivity contribution in [3.05, 3.63) is 41.4 Å². The Balaban J connectivity index is 2.39. The summed E-state index contributed by atoms with van der Waals surface area (Å²) in [5.41, 5.74) is -5.12. The molecule has 0 amide bonds. The van der Waals surface area contributed by atoms with E-state index in [1.165, 1.54) is 6.92 Å². The van der Waals surface area contributed by atoms with Crippen LogP contribution in [0.3, 0.4) is 0 Å². The van der Waals surface area contributed by atoms with E-state index in [1.807, 2.05) is 0 Å². The Labute approximate surface area is 153 Å². The van der Waals surface area contributed by atoms with Crippen LogP contribution in [0.1, 0.15) is 36.6 Å². The largest absolute Gasteiger partial charge is 0.508 e. The molecule has 148 valence electrons. The van der Waals surface area contributed by atoms with Gasteiger partial charge in [0.25, 0.3) is 0 Å². The van der Waals surface area contributed by atoms with Crippen molar-refractivity contribution in [2.45, 2.75) is 31.7 Å². The number of halogens is 4. The number of carbonyl (C=O) groups is 1. The molecule has 0 N–H and O–H groups in total. The van der Waals surface area contributed by atoms with Crippen LogP contribution in [-0.4, -0.2) is 32.5 Å². The summed E-state index contributed by atoms with van der Waals surface area (Å²) in [5.74, 6) is -3.15. The number of carbonyl (C=O) groups excluding carboxylic acids is 1. The summed E-state index contributed by atoms with van der Waals surface area (Å²) < 4.78 is 76.6. The zero-order valence-corrected chi connectivity index (χ0v) is 14.9. The highest BCUT2D eigenvalue weighted by Gasteiger charge is 2.40. The number of aromatic nitrogens is 2. The zero-order chi connectivity index (χ0) is 20.2. The molecular weight excluding hydrogens is 396 g/mol. The van der Waals surface area contributed by atoms with Gasteiger partial charge in [-0.1, -0.05) is 0 Å². The highest BCUT2D eigenvalue weighted by molar-refractivity contribution is 7.81. The smallest absolute Gasteiger partial charge is 0.466 e. The molecule has 0 radical (unpaired) electrons. The maximum atomic E-state index is 13.9. The molecule has 0 aliphatic rings. The molecule has 1 aromatic heterocycles. The van der Waals surface area contributed by atoms with Crippen LogP contribution in [0.4, 0.5) is 17.6 Å². The van der Waals surface area contributed by atoms with Gasteiger partial charge in [0.05, 0.1) is 18.9 Å². The standard InChI is InChI=1S/C15H14F4N2O5S/c1-3-24-13(22)7-12(14-21-20-8(2)25-14)9-4-10(16)6-11(5-9)26-27(23)15(17,18)19/h4-6,12H,3,7H2,1-2H3. The van der Waals surface area contributed by atoms with E-state index in [0.29, 0.717) is 6.07 Å². The van der Waals surface area contributed by atoms with Gasteiger partial charge in [-0.05, 0) is 24.6 Å². The van der Waals surface area contributed by atoms with Gasteiger partial charge in [-0.3, -0.25) is 4.79 Å². The number of esters is 1. The molecule has 0 bridgehead atoms. The Morgan fingerprint density at radius 1 is 1.30 bits per heavy atom. The molecule has 1 heterocycles. The maximum Gasteiger partial charge on any atom is 0.508 e. The third-order valence-electron chi connectivity index (χ3n) is 3.17. The van der Waals surface area contributed by atoms with E-state index in [2.05, 4.69) is 14.4 Å². The summed E-state index contributed by atoms with van der Waals surface area (Å²) >= 11 is -3.68. The number of hydrogen-bond donors (Lipinski definition) is 0. The Morgan fingerprint density at radius 2 is 2.00 bits per heavy atom. The highest BCUT2D eigenvalue weighted by Crippen LogP contribution is 2.32. The number of nitrogens with zero attached hydrogens (tertiary/aromatic N) is 2. The third kappa shape index (κ3) is 5.74. The Bertz CT molecular complexity index is 840. The molecule has 1 aromatic carbocycles. The molecule has 2 atom stereocenters. The molecule has 2 unspecified atom stereocenters. The molecule has 0 fully saturated rings. The Kier molecular flexibility index (Phi) is 6.52. The molecule has 27 heavy (non-hydrogen) atoms. The van der Waals surface area contributed by atoms with Gasteiger partial charge in [0.1, 0.15) is 11.6 Å². The molecular formula is C15H14F4N2O5S. The van der Waals surface area contributed by atoms with Gasteiger partial charge in [-0.2, -0.15) is 13.2 Å². The summed E-state index contributed by atoms with van der Waals surface area (Å²) in [5, 5.41) is 7.39. The number of alkyl halides is 3. The fourth-order valence-electron chi connectivity index (χ4n) is 2.16.